The Kier molecular flexibility index (Phi) is 3.32. The zero-order valence-corrected chi connectivity index (χ0v) is 9.85. The van der Waals surface area contributed by atoms with E-state index in [1.165, 1.54) is 12.8 Å². The molecule has 1 fully saturated rings. The van der Waals surface area contributed by atoms with Gasteiger partial charge in [0.25, 0.3) is 0 Å². The van der Waals surface area contributed by atoms with Crippen LogP contribution in [0.4, 0.5) is 5.95 Å². The van der Waals surface area contributed by atoms with Crippen LogP contribution in [0.1, 0.15) is 25.7 Å². The van der Waals surface area contributed by atoms with Crippen LogP contribution < -0.4 is 5.32 Å². The summed E-state index contributed by atoms with van der Waals surface area (Å²) in [6, 6.07) is 0. The average molecular weight is 246 g/mol. The van der Waals surface area contributed by atoms with Gasteiger partial charge in [-0.05, 0) is 12.8 Å². The van der Waals surface area contributed by atoms with E-state index < -0.39 is 0 Å². The summed E-state index contributed by atoms with van der Waals surface area (Å²) in [7, 11) is 0. The Hall–Kier alpha value is -0.540. The molecular formula is C10H13Cl2N3. The molecule has 0 amide bonds. The summed E-state index contributed by atoms with van der Waals surface area (Å²) in [6.45, 7) is 0. The number of nitrogens with zero attached hydrogens (tertiary/aromatic N) is 2. The first-order valence-corrected chi connectivity index (χ1v) is 5.97. The molecule has 0 unspecified atom stereocenters. The van der Waals surface area contributed by atoms with E-state index in [1.54, 1.807) is 12.4 Å². The molecule has 0 aliphatic heterocycles. The zero-order valence-electron chi connectivity index (χ0n) is 8.34. The van der Waals surface area contributed by atoms with E-state index in [0.717, 1.165) is 12.8 Å². The lowest BCUT2D eigenvalue weighted by atomic mass is 10.0. The third-order valence-electron chi connectivity index (χ3n) is 2.81. The lowest BCUT2D eigenvalue weighted by molar-refractivity contribution is 0.534. The fourth-order valence-corrected chi connectivity index (χ4v) is 2.39. The second kappa shape index (κ2) is 4.54. The second-order valence-corrected chi connectivity index (χ2v) is 4.67. The maximum atomic E-state index is 6.00. The number of halogens is 2. The highest BCUT2D eigenvalue weighted by atomic mass is 35.5. The molecule has 1 heterocycles. The van der Waals surface area contributed by atoms with Crippen molar-refractivity contribution in [1.29, 1.82) is 0 Å². The molecule has 0 saturated heterocycles. The van der Waals surface area contributed by atoms with Crippen LogP contribution in [0.3, 0.4) is 0 Å². The Morgan fingerprint density at radius 1 is 1.27 bits per heavy atom. The fraction of sp³-hybridized carbons (Fsp3) is 0.600. The maximum Gasteiger partial charge on any atom is 0.223 e. The van der Waals surface area contributed by atoms with Crippen molar-refractivity contribution in [2.24, 2.45) is 0 Å². The molecule has 0 bridgehead atoms. The van der Waals surface area contributed by atoms with Crippen molar-refractivity contribution in [3.05, 3.63) is 17.4 Å². The molecule has 0 radical (unpaired) electrons. The van der Waals surface area contributed by atoms with E-state index in [9.17, 15) is 0 Å². The molecule has 5 heteroatoms. The number of nitrogens with one attached hydrogen (secondary N) is 1. The molecule has 3 nitrogen and oxygen atoms in total. The van der Waals surface area contributed by atoms with Crippen molar-refractivity contribution in [2.45, 2.75) is 31.2 Å². The Balaban J connectivity index is 2.09. The highest BCUT2D eigenvalue weighted by Crippen LogP contribution is 2.33. The van der Waals surface area contributed by atoms with Crippen LogP contribution in [0.15, 0.2) is 12.4 Å². The first-order valence-electron chi connectivity index (χ1n) is 5.06. The summed E-state index contributed by atoms with van der Waals surface area (Å²) in [5.41, 5.74) is -0.0185. The largest absolute Gasteiger partial charge is 0.348 e. The van der Waals surface area contributed by atoms with Gasteiger partial charge in [-0.2, -0.15) is 0 Å². The van der Waals surface area contributed by atoms with Gasteiger partial charge in [0.1, 0.15) is 0 Å². The monoisotopic (exact) mass is 245 g/mol. The lowest BCUT2D eigenvalue weighted by Crippen LogP contribution is -2.37. The van der Waals surface area contributed by atoms with E-state index in [4.69, 9.17) is 23.2 Å². The normalized spacial score (nSPS) is 19.1. The quantitative estimate of drug-likeness (QED) is 0.833. The van der Waals surface area contributed by atoms with Gasteiger partial charge in [0.15, 0.2) is 0 Å². The Morgan fingerprint density at radius 2 is 1.87 bits per heavy atom. The van der Waals surface area contributed by atoms with Crippen molar-refractivity contribution >= 4 is 29.2 Å². The summed E-state index contributed by atoms with van der Waals surface area (Å²) < 4.78 is 0. The fourth-order valence-electron chi connectivity index (χ4n) is 1.96. The van der Waals surface area contributed by atoms with Gasteiger partial charge in [-0.1, -0.05) is 24.4 Å². The van der Waals surface area contributed by atoms with Crippen LogP contribution in [-0.2, 0) is 0 Å². The number of hydrogen-bond acceptors (Lipinski definition) is 3. The molecule has 0 aromatic carbocycles. The maximum absolute atomic E-state index is 6.00. The second-order valence-electron chi connectivity index (χ2n) is 3.97. The average Bonchev–Trinajstić information content (AvgIpc) is 2.71. The molecule has 1 aliphatic carbocycles. The number of alkyl halides is 1. The molecule has 15 heavy (non-hydrogen) atoms. The summed E-state index contributed by atoms with van der Waals surface area (Å²) in [6.07, 6.45) is 7.78. The van der Waals surface area contributed by atoms with Crippen LogP contribution >= 0.6 is 23.2 Å². The predicted octanol–water partition coefficient (Wildman–Crippen LogP) is 3.09. The summed E-state index contributed by atoms with van der Waals surface area (Å²) in [5, 5.41) is 3.87. The molecule has 0 spiro atoms. The molecular weight excluding hydrogens is 233 g/mol. The minimum Gasteiger partial charge on any atom is -0.348 e. The Bertz CT molecular complexity index is 320. The Morgan fingerprint density at radius 3 is 2.40 bits per heavy atom. The van der Waals surface area contributed by atoms with E-state index in [-0.39, 0.29) is 5.54 Å². The minimum atomic E-state index is -0.0185. The summed E-state index contributed by atoms with van der Waals surface area (Å²) in [5.74, 6) is 1.21. The van der Waals surface area contributed by atoms with Gasteiger partial charge >= 0.3 is 0 Å². The molecule has 82 valence electrons. The minimum absolute atomic E-state index is 0.0185. The van der Waals surface area contributed by atoms with Gasteiger partial charge in [-0.25, -0.2) is 9.97 Å². The van der Waals surface area contributed by atoms with Crippen molar-refractivity contribution in [2.75, 3.05) is 11.2 Å². The highest BCUT2D eigenvalue weighted by molar-refractivity contribution is 6.30. The van der Waals surface area contributed by atoms with Crippen LogP contribution in [0.25, 0.3) is 0 Å². The van der Waals surface area contributed by atoms with Gasteiger partial charge in [0.05, 0.1) is 23.0 Å². The molecule has 1 aliphatic rings. The third kappa shape index (κ3) is 2.52. The van der Waals surface area contributed by atoms with E-state index in [2.05, 4.69) is 15.3 Å². The number of hydrogen-bond donors (Lipinski definition) is 1. The summed E-state index contributed by atoms with van der Waals surface area (Å²) in [4.78, 5) is 8.24. The van der Waals surface area contributed by atoms with Gasteiger partial charge in [0, 0.05) is 5.88 Å². The number of rotatable bonds is 3. The first-order chi connectivity index (χ1) is 7.24. The molecule has 1 saturated carbocycles. The van der Waals surface area contributed by atoms with Crippen molar-refractivity contribution in [1.82, 2.24) is 9.97 Å². The van der Waals surface area contributed by atoms with Crippen molar-refractivity contribution in [3.8, 4) is 0 Å². The van der Waals surface area contributed by atoms with E-state index in [1.807, 2.05) is 0 Å². The van der Waals surface area contributed by atoms with Gasteiger partial charge in [-0.3, -0.25) is 0 Å². The van der Waals surface area contributed by atoms with Crippen LogP contribution in [0.5, 0.6) is 0 Å². The number of aromatic nitrogens is 2. The lowest BCUT2D eigenvalue weighted by Gasteiger charge is -2.27. The van der Waals surface area contributed by atoms with Crippen LogP contribution in [0.2, 0.25) is 5.02 Å². The zero-order chi connectivity index (χ0) is 10.7. The van der Waals surface area contributed by atoms with Gasteiger partial charge in [-0.15, -0.1) is 11.6 Å². The first kappa shape index (κ1) is 11.0. The van der Waals surface area contributed by atoms with Crippen molar-refractivity contribution < 1.29 is 0 Å². The van der Waals surface area contributed by atoms with Gasteiger partial charge < -0.3 is 5.32 Å². The predicted molar refractivity (Wildman–Crippen MR) is 62.6 cm³/mol. The molecule has 1 aromatic heterocycles. The van der Waals surface area contributed by atoms with Gasteiger partial charge in [0.2, 0.25) is 5.95 Å². The van der Waals surface area contributed by atoms with Crippen molar-refractivity contribution in [3.63, 3.8) is 0 Å². The molecule has 2 rings (SSSR count). The third-order valence-corrected chi connectivity index (χ3v) is 3.52. The van der Waals surface area contributed by atoms with E-state index >= 15 is 0 Å². The molecule has 0 atom stereocenters. The molecule has 1 N–H and O–H groups in total. The van der Waals surface area contributed by atoms with Crippen LogP contribution in [0, 0.1) is 0 Å². The molecule has 1 aromatic rings. The number of anilines is 1. The highest BCUT2D eigenvalue weighted by Gasteiger charge is 2.33. The standard InChI is InChI=1S/C10H13Cl2N3/c11-7-10(3-1-2-4-10)15-9-13-5-8(12)6-14-9/h5-6H,1-4,7H2,(H,13,14,15). The topological polar surface area (TPSA) is 37.8 Å². The SMILES string of the molecule is ClCC1(Nc2ncc(Cl)cn2)CCCC1. The Labute approximate surface area is 99.2 Å². The van der Waals surface area contributed by atoms with Crippen LogP contribution in [-0.4, -0.2) is 21.4 Å². The van der Waals surface area contributed by atoms with E-state index in [0.29, 0.717) is 16.9 Å². The summed E-state index contributed by atoms with van der Waals surface area (Å²) >= 11 is 11.7. The smallest absolute Gasteiger partial charge is 0.223 e.